The number of hydrogen-bond donors (Lipinski definition) is 2. The van der Waals surface area contributed by atoms with Crippen LogP contribution in [0.15, 0.2) is 41.2 Å². The van der Waals surface area contributed by atoms with Crippen molar-refractivity contribution in [3.63, 3.8) is 0 Å². The third-order valence-corrected chi connectivity index (χ3v) is 6.79. The van der Waals surface area contributed by atoms with Gasteiger partial charge in [0.1, 0.15) is 5.82 Å². The van der Waals surface area contributed by atoms with Crippen molar-refractivity contribution in [2.24, 2.45) is 0 Å². The predicted molar refractivity (Wildman–Crippen MR) is 154 cm³/mol. The number of alkyl halides is 3. The molecule has 0 bridgehead atoms. The summed E-state index contributed by atoms with van der Waals surface area (Å²) in [7, 11) is 1.45. The van der Waals surface area contributed by atoms with Crippen molar-refractivity contribution in [3.05, 3.63) is 74.8 Å². The zero-order valence-corrected chi connectivity index (χ0v) is 24.1. The Bertz CT molecular complexity index is 1550. The van der Waals surface area contributed by atoms with Gasteiger partial charge < -0.3 is 24.8 Å². The summed E-state index contributed by atoms with van der Waals surface area (Å²) in [6.45, 7) is 6.31. The Labute approximate surface area is 246 Å². The first-order chi connectivity index (χ1) is 20.5. The third kappa shape index (κ3) is 7.70. The fourth-order valence-electron chi connectivity index (χ4n) is 4.86. The number of nitrogens with zero attached hydrogens (tertiary/aromatic N) is 3. The number of aromatic amines is 1. The van der Waals surface area contributed by atoms with E-state index >= 15 is 0 Å². The van der Waals surface area contributed by atoms with Crippen molar-refractivity contribution in [3.8, 4) is 6.07 Å². The molecular weight excluding hydrogens is 570 g/mol. The minimum atomic E-state index is -4.63. The molecule has 2 amide bonds. The number of carbonyl (C=O) groups is 2. The monoisotopic (exact) mass is 603 g/mol. The van der Waals surface area contributed by atoms with Gasteiger partial charge >= 0.3 is 6.18 Å². The standard InChI is InChI=1S/C17H18F3N3O2.C11H9FN2O2.C2H6/c18-17(19,20)14-10-12(11-21)9-13(15(14)22-3-1-2-4-22)16(24)23-5-7-25-8-6-23;1-13-11(16)7-5-9(15)14-10-6(7)3-2-4-8(10)12;1-2/h9-10H,1-8H2;2-5H,1H3,(H,13,16)(H,14,15);1-2H3. The van der Waals surface area contributed by atoms with Gasteiger partial charge in [0.25, 0.3) is 11.8 Å². The van der Waals surface area contributed by atoms with E-state index in [4.69, 9.17) is 10.00 Å². The van der Waals surface area contributed by atoms with E-state index in [2.05, 4.69) is 10.3 Å². The summed E-state index contributed by atoms with van der Waals surface area (Å²) in [6.07, 6.45) is -3.07. The SMILES string of the molecule is CC.CNC(=O)c1cc(=O)[nH]c2c(F)cccc12.N#Cc1cc(C(=O)N2CCOCC2)c(N2CCCC2)c(C(F)(F)F)c1. The maximum atomic E-state index is 13.6. The van der Waals surface area contributed by atoms with Gasteiger partial charge in [-0.25, -0.2) is 4.39 Å². The molecule has 1 aromatic heterocycles. The lowest BCUT2D eigenvalue weighted by Crippen LogP contribution is -2.41. The minimum Gasteiger partial charge on any atom is -0.378 e. The summed E-state index contributed by atoms with van der Waals surface area (Å²) in [6, 6.07) is 9.31. The average molecular weight is 604 g/mol. The molecule has 3 heterocycles. The van der Waals surface area contributed by atoms with E-state index in [0.717, 1.165) is 25.0 Å². The number of halogens is 4. The molecule has 0 saturated carbocycles. The number of ether oxygens (including phenoxy) is 1. The number of carbonyl (C=O) groups excluding carboxylic acids is 2. The molecule has 5 rings (SSSR count). The van der Waals surface area contributed by atoms with Crippen molar-refractivity contribution < 1.29 is 31.9 Å². The molecule has 0 atom stereocenters. The quantitative estimate of drug-likeness (QED) is 0.419. The molecule has 3 aromatic rings. The number of hydrogen-bond acceptors (Lipinski definition) is 6. The van der Waals surface area contributed by atoms with Crippen molar-refractivity contribution in [2.75, 3.05) is 51.3 Å². The molecule has 2 aromatic carbocycles. The van der Waals surface area contributed by atoms with Crippen LogP contribution in [0.5, 0.6) is 0 Å². The highest BCUT2D eigenvalue weighted by Crippen LogP contribution is 2.41. The highest BCUT2D eigenvalue weighted by Gasteiger charge is 2.39. The number of nitriles is 1. The predicted octanol–water partition coefficient (Wildman–Crippen LogP) is 4.70. The Morgan fingerprint density at radius 2 is 1.67 bits per heavy atom. The first-order valence-electron chi connectivity index (χ1n) is 13.9. The van der Waals surface area contributed by atoms with E-state index in [0.29, 0.717) is 44.8 Å². The van der Waals surface area contributed by atoms with Gasteiger partial charge in [-0.1, -0.05) is 26.0 Å². The Hall–Kier alpha value is -4.44. The number of morpholine rings is 1. The van der Waals surface area contributed by atoms with E-state index in [-0.39, 0.29) is 27.9 Å². The number of aromatic nitrogens is 1. The number of H-pyrrole nitrogens is 1. The first kappa shape index (κ1) is 33.1. The second-order valence-electron chi connectivity index (χ2n) is 9.42. The second kappa shape index (κ2) is 14.6. The van der Waals surface area contributed by atoms with Crippen molar-refractivity contribution in [1.82, 2.24) is 15.2 Å². The number of pyridine rings is 1. The van der Waals surface area contributed by atoms with E-state index in [1.807, 2.05) is 13.8 Å². The van der Waals surface area contributed by atoms with Crippen molar-refractivity contribution in [2.45, 2.75) is 32.9 Å². The van der Waals surface area contributed by atoms with Gasteiger partial charge in [-0.3, -0.25) is 14.4 Å². The van der Waals surface area contributed by atoms with Crippen LogP contribution in [-0.4, -0.2) is 68.1 Å². The maximum absolute atomic E-state index is 13.6. The molecule has 0 radical (unpaired) electrons. The van der Waals surface area contributed by atoms with Gasteiger partial charge in [-0.2, -0.15) is 18.4 Å². The smallest absolute Gasteiger partial charge is 0.378 e. The average Bonchev–Trinajstić information content (AvgIpc) is 3.56. The van der Waals surface area contributed by atoms with Crippen molar-refractivity contribution >= 4 is 28.4 Å². The van der Waals surface area contributed by atoms with Gasteiger partial charge in [0.2, 0.25) is 5.56 Å². The van der Waals surface area contributed by atoms with Gasteiger partial charge in [0.15, 0.2) is 0 Å². The third-order valence-electron chi connectivity index (χ3n) is 6.79. The highest BCUT2D eigenvalue weighted by atomic mass is 19.4. The highest BCUT2D eigenvalue weighted by molar-refractivity contribution is 6.06. The lowest BCUT2D eigenvalue weighted by Gasteiger charge is -2.30. The number of amides is 2. The first-order valence-corrected chi connectivity index (χ1v) is 13.9. The molecule has 230 valence electrons. The van der Waals surface area contributed by atoms with Crippen LogP contribution in [0.3, 0.4) is 0 Å². The van der Waals surface area contributed by atoms with E-state index in [1.54, 1.807) is 17.0 Å². The van der Waals surface area contributed by atoms with E-state index < -0.39 is 34.9 Å². The maximum Gasteiger partial charge on any atom is 0.418 e. The fourth-order valence-corrected chi connectivity index (χ4v) is 4.86. The topological polar surface area (TPSA) is 119 Å². The number of anilines is 1. The summed E-state index contributed by atoms with van der Waals surface area (Å²) in [5.74, 6) is -1.45. The molecule has 2 aliphatic rings. The summed E-state index contributed by atoms with van der Waals surface area (Å²) in [5.41, 5.74) is -1.50. The number of fused-ring (bicyclic) bond motifs is 1. The van der Waals surface area contributed by atoms with Gasteiger partial charge in [-0.15, -0.1) is 0 Å². The molecule has 2 aliphatic heterocycles. The number of benzene rings is 2. The summed E-state index contributed by atoms with van der Waals surface area (Å²) < 4.78 is 59.5. The fraction of sp³-hybridized carbons (Fsp3) is 0.400. The minimum absolute atomic E-state index is 0.0461. The molecule has 0 unspecified atom stereocenters. The van der Waals surface area contributed by atoms with Crippen LogP contribution in [0.1, 0.15) is 58.5 Å². The van der Waals surface area contributed by atoms with Gasteiger partial charge in [-0.05, 0) is 31.0 Å². The Kier molecular flexibility index (Phi) is 11.3. The second-order valence-corrected chi connectivity index (χ2v) is 9.42. The molecule has 2 saturated heterocycles. The molecule has 13 heteroatoms. The zero-order valence-electron chi connectivity index (χ0n) is 24.1. The normalized spacial score (nSPS) is 14.7. The zero-order chi connectivity index (χ0) is 31.7. The summed E-state index contributed by atoms with van der Waals surface area (Å²) in [5, 5.41) is 11.9. The van der Waals surface area contributed by atoms with Crippen molar-refractivity contribution in [1.29, 1.82) is 5.26 Å². The Balaban J connectivity index is 0.000000242. The van der Waals surface area contributed by atoms with E-state index in [1.165, 1.54) is 30.1 Å². The lowest BCUT2D eigenvalue weighted by atomic mass is 10.00. The molecular formula is C30H33F4N5O4. The van der Waals surface area contributed by atoms with Crippen LogP contribution in [0.25, 0.3) is 10.9 Å². The van der Waals surface area contributed by atoms with Crippen LogP contribution < -0.4 is 15.8 Å². The van der Waals surface area contributed by atoms with Crippen LogP contribution >= 0.6 is 0 Å². The number of para-hydroxylation sites is 1. The molecule has 43 heavy (non-hydrogen) atoms. The summed E-state index contributed by atoms with van der Waals surface area (Å²) in [4.78, 5) is 41.1. The Morgan fingerprint density at radius 3 is 2.26 bits per heavy atom. The van der Waals surface area contributed by atoms with Gasteiger partial charge in [0, 0.05) is 44.7 Å². The van der Waals surface area contributed by atoms with Gasteiger partial charge in [0.05, 0.1) is 52.7 Å². The van der Waals surface area contributed by atoms with E-state index in [9.17, 15) is 31.9 Å². The number of nitrogens with one attached hydrogen (secondary N) is 2. The van der Waals surface area contributed by atoms with Crippen LogP contribution in [0.2, 0.25) is 0 Å². The Morgan fingerprint density at radius 1 is 1.02 bits per heavy atom. The molecule has 0 spiro atoms. The number of rotatable bonds is 3. The molecule has 9 nitrogen and oxygen atoms in total. The van der Waals surface area contributed by atoms with Crippen LogP contribution in [-0.2, 0) is 10.9 Å². The molecule has 2 N–H and O–H groups in total. The van der Waals surface area contributed by atoms with Crippen LogP contribution in [0, 0.1) is 17.1 Å². The molecule has 2 fully saturated rings. The largest absolute Gasteiger partial charge is 0.418 e. The lowest BCUT2D eigenvalue weighted by molar-refractivity contribution is -0.137. The molecule has 0 aliphatic carbocycles. The van der Waals surface area contributed by atoms with Crippen LogP contribution in [0.4, 0.5) is 23.2 Å². The summed E-state index contributed by atoms with van der Waals surface area (Å²) >= 11 is 0.